The minimum absolute atomic E-state index is 0.144. The van der Waals surface area contributed by atoms with Crippen LogP contribution < -0.4 is 10.1 Å². The molecule has 32 heavy (non-hydrogen) atoms. The lowest BCUT2D eigenvalue weighted by Crippen LogP contribution is -2.14. The molecule has 3 atom stereocenters. The van der Waals surface area contributed by atoms with Crippen molar-refractivity contribution in [1.29, 1.82) is 0 Å². The number of rotatable bonds is 8. The highest BCUT2D eigenvalue weighted by molar-refractivity contribution is 5.77. The van der Waals surface area contributed by atoms with Crippen LogP contribution in [0.2, 0.25) is 0 Å². The largest absolute Gasteiger partial charge is 0.493 e. The van der Waals surface area contributed by atoms with Crippen molar-refractivity contribution in [3.05, 3.63) is 89.1 Å². The van der Waals surface area contributed by atoms with Crippen molar-refractivity contribution < 1.29 is 14.6 Å². The van der Waals surface area contributed by atoms with Gasteiger partial charge in [-0.1, -0.05) is 48.5 Å². The van der Waals surface area contributed by atoms with Crippen LogP contribution in [0.3, 0.4) is 0 Å². The third-order valence-electron chi connectivity index (χ3n) is 6.58. The third kappa shape index (κ3) is 4.47. The molecule has 5 rings (SSSR count). The summed E-state index contributed by atoms with van der Waals surface area (Å²) in [6.45, 7) is 1.57. The SMILES string of the molecule is O=C(O)C(c1ccccc1)C1CC1c1ccc(OCCc2ccc3c(n2)NCCC3)cc1. The molecule has 2 N–H and O–H groups in total. The number of hydrogen-bond donors (Lipinski definition) is 2. The molecule has 3 aromatic rings. The van der Waals surface area contributed by atoms with Gasteiger partial charge in [-0.25, -0.2) is 4.98 Å². The second kappa shape index (κ2) is 9.03. The molecule has 0 spiro atoms. The van der Waals surface area contributed by atoms with E-state index in [0.717, 1.165) is 55.1 Å². The Morgan fingerprint density at radius 1 is 1.09 bits per heavy atom. The Labute approximate surface area is 188 Å². The van der Waals surface area contributed by atoms with Crippen LogP contribution in [0.5, 0.6) is 5.75 Å². The Kier molecular flexibility index (Phi) is 5.80. The van der Waals surface area contributed by atoms with Gasteiger partial charge in [0, 0.05) is 18.7 Å². The van der Waals surface area contributed by atoms with Crippen LogP contribution in [-0.2, 0) is 17.6 Å². The molecule has 1 saturated carbocycles. The number of aliphatic carboxylic acids is 1. The van der Waals surface area contributed by atoms with E-state index >= 15 is 0 Å². The Morgan fingerprint density at radius 2 is 1.91 bits per heavy atom. The number of ether oxygens (including phenoxy) is 1. The van der Waals surface area contributed by atoms with Gasteiger partial charge in [0.05, 0.1) is 12.5 Å². The highest BCUT2D eigenvalue weighted by atomic mass is 16.5. The van der Waals surface area contributed by atoms with Gasteiger partial charge in [0.15, 0.2) is 0 Å². The van der Waals surface area contributed by atoms with Crippen LogP contribution in [0.4, 0.5) is 5.82 Å². The normalized spacial score (nSPS) is 20.0. The van der Waals surface area contributed by atoms with E-state index in [2.05, 4.69) is 29.6 Å². The zero-order chi connectivity index (χ0) is 21.9. The van der Waals surface area contributed by atoms with Gasteiger partial charge >= 0.3 is 5.97 Å². The average molecular weight is 429 g/mol. The fourth-order valence-corrected chi connectivity index (χ4v) is 4.79. The van der Waals surface area contributed by atoms with E-state index in [-0.39, 0.29) is 11.8 Å². The van der Waals surface area contributed by atoms with E-state index in [0.29, 0.717) is 6.61 Å². The molecule has 0 bridgehead atoms. The maximum atomic E-state index is 11.9. The summed E-state index contributed by atoms with van der Waals surface area (Å²) >= 11 is 0. The number of aryl methyl sites for hydroxylation is 1. The molecule has 2 aromatic carbocycles. The van der Waals surface area contributed by atoms with E-state index in [1.54, 1.807) is 0 Å². The van der Waals surface area contributed by atoms with Crippen LogP contribution in [-0.4, -0.2) is 29.2 Å². The van der Waals surface area contributed by atoms with Gasteiger partial charge in [-0.2, -0.15) is 0 Å². The van der Waals surface area contributed by atoms with Gasteiger partial charge in [0.1, 0.15) is 11.6 Å². The van der Waals surface area contributed by atoms with Crippen LogP contribution in [0, 0.1) is 5.92 Å². The van der Waals surface area contributed by atoms with E-state index in [1.807, 2.05) is 42.5 Å². The zero-order valence-electron chi connectivity index (χ0n) is 18.0. The fourth-order valence-electron chi connectivity index (χ4n) is 4.79. The van der Waals surface area contributed by atoms with Crippen LogP contribution in [0.1, 0.15) is 47.1 Å². The Hall–Kier alpha value is -3.34. The lowest BCUT2D eigenvalue weighted by molar-refractivity contribution is -0.139. The monoisotopic (exact) mass is 428 g/mol. The molecule has 0 saturated heterocycles. The van der Waals surface area contributed by atoms with Crippen LogP contribution in [0.15, 0.2) is 66.7 Å². The summed E-state index contributed by atoms with van der Waals surface area (Å²) in [5.74, 6) is 1.10. The topological polar surface area (TPSA) is 71.5 Å². The predicted octanol–water partition coefficient (Wildman–Crippen LogP) is 5.03. The lowest BCUT2D eigenvalue weighted by Gasteiger charge is -2.17. The molecule has 2 heterocycles. The molecule has 1 aromatic heterocycles. The molecule has 2 aliphatic rings. The summed E-state index contributed by atoms with van der Waals surface area (Å²) in [5, 5.41) is 13.1. The molecule has 1 aliphatic carbocycles. The Balaban J connectivity index is 1.16. The number of pyridine rings is 1. The smallest absolute Gasteiger partial charge is 0.311 e. The molecule has 0 amide bonds. The summed E-state index contributed by atoms with van der Waals surface area (Å²) in [6.07, 6.45) is 3.93. The summed E-state index contributed by atoms with van der Waals surface area (Å²) < 4.78 is 5.94. The molecular weight excluding hydrogens is 400 g/mol. The van der Waals surface area contributed by atoms with Crippen molar-refractivity contribution in [2.45, 2.75) is 37.5 Å². The average Bonchev–Trinajstić information content (AvgIpc) is 3.60. The van der Waals surface area contributed by atoms with Crippen molar-refractivity contribution in [3.63, 3.8) is 0 Å². The number of nitrogens with zero attached hydrogens (tertiary/aromatic N) is 1. The number of anilines is 1. The van der Waals surface area contributed by atoms with Gasteiger partial charge in [-0.3, -0.25) is 4.79 Å². The minimum Gasteiger partial charge on any atom is -0.493 e. The standard InChI is InChI=1S/C27H28N2O3/c30-27(31)25(19-5-2-1-3-6-19)24-17-23(24)18-9-12-22(13-10-18)32-16-14-21-11-8-20-7-4-15-28-26(20)29-21/h1-3,5-6,8-13,23-25H,4,7,14-17H2,(H,28,29)(H,30,31). The first kappa shape index (κ1) is 20.6. The van der Waals surface area contributed by atoms with Crippen molar-refractivity contribution in [2.75, 3.05) is 18.5 Å². The third-order valence-corrected chi connectivity index (χ3v) is 6.58. The fraction of sp³-hybridized carbons (Fsp3) is 0.333. The number of benzene rings is 2. The van der Waals surface area contributed by atoms with Crippen molar-refractivity contribution in [1.82, 2.24) is 4.98 Å². The van der Waals surface area contributed by atoms with Gasteiger partial charge in [-0.05, 0) is 66.0 Å². The molecule has 164 valence electrons. The maximum Gasteiger partial charge on any atom is 0.311 e. The van der Waals surface area contributed by atoms with E-state index in [1.165, 1.54) is 11.1 Å². The number of hydrogen-bond acceptors (Lipinski definition) is 4. The highest BCUT2D eigenvalue weighted by Gasteiger charge is 2.47. The van der Waals surface area contributed by atoms with Gasteiger partial charge in [0.2, 0.25) is 0 Å². The van der Waals surface area contributed by atoms with Crippen molar-refractivity contribution in [2.24, 2.45) is 5.92 Å². The molecule has 5 nitrogen and oxygen atoms in total. The van der Waals surface area contributed by atoms with Crippen LogP contribution in [0.25, 0.3) is 0 Å². The number of carboxylic acid groups (broad SMARTS) is 1. The Bertz CT molecular complexity index is 1080. The molecule has 1 aliphatic heterocycles. The lowest BCUT2D eigenvalue weighted by atomic mass is 9.92. The second-order valence-corrected chi connectivity index (χ2v) is 8.74. The molecule has 3 unspecified atom stereocenters. The number of fused-ring (bicyclic) bond motifs is 1. The predicted molar refractivity (Wildman–Crippen MR) is 124 cm³/mol. The molecule has 1 fully saturated rings. The van der Waals surface area contributed by atoms with E-state index < -0.39 is 11.9 Å². The van der Waals surface area contributed by atoms with Gasteiger partial charge < -0.3 is 15.2 Å². The molecule has 0 radical (unpaired) electrons. The van der Waals surface area contributed by atoms with Gasteiger partial charge in [-0.15, -0.1) is 0 Å². The van der Waals surface area contributed by atoms with Crippen molar-refractivity contribution in [3.8, 4) is 5.75 Å². The number of carbonyl (C=O) groups is 1. The highest BCUT2D eigenvalue weighted by Crippen LogP contribution is 2.55. The number of aromatic nitrogens is 1. The first-order valence-electron chi connectivity index (χ1n) is 11.4. The zero-order valence-corrected chi connectivity index (χ0v) is 18.0. The Morgan fingerprint density at radius 3 is 2.69 bits per heavy atom. The maximum absolute atomic E-state index is 11.9. The minimum atomic E-state index is -0.741. The number of carboxylic acids is 1. The summed E-state index contributed by atoms with van der Waals surface area (Å²) in [5.41, 5.74) is 4.41. The second-order valence-electron chi connectivity index (χ2n) is 8.74. The van der Waals surface area contributed by atoms with Crippen LogP contribution >= 0.6 is 0 Å². The van der Waals surface area contributed by atoms with E-state index in [9.17, 15) is 9.90 Å². The van der Waals surface area contributed by atoms with E-state index in [4.69, 9.17) is 9.72 Å². The molecule has 5 heteroatoms. The van der Waals surface area contributed by atoms with Gasteiger partial charge in [0.25, 0.3) is 0 Å². The summed E-state index contributed by atoms with van der Waals surface area (Å²) in [4.78, 5) is 16.6. The quantitative estimate of drug-likeness (QED) is 0.526. The summed E-state index contributed by atoms with van der Waals surface area (Å²) in [7, 11) is 0. The first-order valence-corrected chi connectivity index (χ1v) is 11.4. The van der Waals surface area contributed by atoms with Crippen molar-refractivity contribution >= 4 is 11.8 Å². The summed E-state index contributed by atoms with van der Waals surface area (Å²) in [6, 6.07) is 22.0. The molecular formula is C27H28N2O3. The first-order chi connectivity index (χ1) is 15.7. The number of nitrogens with one attached hydrogen (secondary N) is 1.